The summed E-state index contributed by atoms with van der Waals surface area (Å²) in [5.74, 6) is 1.23. The van der Waals surface area contributed by atoms with Crippen molar-refractivity contribution < 1.29 is 14.3 Å². The first-order valence-corrected chi connectivity index (χ1v) is 7.56. The van der Waals surface area contributed by atoms with Crippen molar-refractivity contribution >= 4 is 23.0 Å². The van der Waals surface area contributed by atoms with Gasteiger partial charge < -0.3 is 14.5 Å². The highest BCUT2D eigenvalue weighted by atomic mass is 16.7. The molecule has 1 aliphatic heterocycles. The predicted molar refractivity (Wildman–Crippen MR) is 90.3 cm³/mol. The topological polar surface area (TPSA) is 75.7 Å². The van der Waals surface area contributed by atoms with Gasteiger partial charge in [0.1, 0.15) is 0 Å². The van der Waals surface area contributed by atoms with Gasteiger partial charge in [0.2, 0.25) is 12.7 Å². The van der Waals surface area contributed by atoms with Crippen LogP contribution in [0.5, 0.6) is 11.5 Å². The maximum Gasteiger partial charge on any atom is 0.244 e. The van der Waals surface area contributed by atoms with Crippen LogP contribution in [0.15, 0.2) is 53.8 Å². The molecule has 1 aromatic heterocycles. The Morgan fingerprint density at radius 3 is 3.04 bits per heavy atom. The Morgan fingerprint density at radius 1 is 1.21 bits per heavy atom. The molecule has 0 atom stereocenters. The summed E-state index contributed by atoms with van der Waals surface area (Å²) in [7, 11) is 0. The molecule has 0 saturated heterocycles. The summed E-state index contributed by atoms with van der Waals surface area (Å²) in [6.45, 7) is 0.233. The van der Waals surface area contributed by atoms with Crippen LogP contribution in [0.3, 0.4) is 0 Å². The fourth-order valence-electron chi connectivity index (χ4n) is 2.66. The van der Waals surface area contributed by atoms with Gasteiger partial charge in [-0.15, -0.1) is 0 Å². The molecule has 0 saturated carbocycles. The SMILES string of the molecule is O=C(Cc1c[nH]c2ccccc12)NN=Cc1ccc2c(c1)OCO2. The number of aromatic nitrogens is 1. The number of nitrogens with zero attached hydrogens (tertiary/aromatic N) is 1. The van der Waals surface area contributed by atoms with Gasteiger partial charge in [0, 0.05) is 17.1 Å². The number of amides is 1. The first kappa shape index (κ1) is 14.3. The number of carbonyl (C=O) groups is 1. The van der Waals surface area contributed by atoms with Crippen molar-refractivity contribution in [2.45, 2.75) is 6.42 Å². The van der Waals surface area contributed by atoms with E-state index in [4.69, 9.17) is 9.47 Å². The van der Waals surface area contributed by atoms with Crippen LogP contribution in [-0.2, 0) is 11.2 Å². The van der Waals surface area contributed by atoms with E-state index in [1.807, 2.05) is 48.7 Å². The van der Waals surface area contributed by atoms with Gasteiger partial charge in [0.25, 0.3) is 0 Å². The second-order valence-electron chi connectivity index (χ2n) is 5.44. The van der Waals surface area contributed by atoms with Gasteiger partial charge in [0.05, 0.1) is 12.6 Å². The van der Waals surface area contributed by atoms with E-state index in [2.05, 4.69) is 15.5 Å². The Morgan fingerprint density at radius 2 is 2.08 bits per heavy atom. The van der Waals surface area contributed by atoms with Gasteiger partial charge in [-0.2, -0.15) is 5.10 Å². The molecule has 6 nitrogen and oxygen atoms in total. The molecular weight excluding hydrogens is 306 g/mol. The average Bonchev–Trinajstić information content (AvgIpc) is 3.22. The average molecular weight is 321 g/mol. The van der Waals surface area contributed by atoms with Crippen LogP contribution in [0, 0.1) is 0 Å². The number of ether oxygens (including phenoxy) is 2. The molecule has 6 heteroatoms. The first-order chi connectivity index (χ1) is 11.8. The van der Waals surface area contributed by atoms with Gasteiger partial charge >= 0.3 is 0 Å². The summed E-state index contributed by atoms with van der Waals surface area (Å²) in [5.41, 5.74) is 5.34. The van der Waals surface area contributed by atoms with E-state index in [0.29, 0.717) is 5.75 Å². The zero-order valence-electron chi connectivity index (χ0n) is 12.8. The summed E-state index contributed by atoms with van der Waals surface area (Å²) in [4.78, 5) is 15.2. The van der Waals surface area contributed by atoms with Crippen molar-refractivity contribution in [3.63, 3.8) is 0 Å². The largest absolute Gasteiger partial charge is 0.454 e. The van der Waals surface area contributed by atoms with Gasteiger partial charge in [-0.3, -0.25) is 4.79 Å². The number of rotatable bonds is 4. The number of aromatic amines is 1. The molecule has 2 aromatic carbocycles. The van der Waals surface area contributed by atoms with Crippen LogP contribution < -0.4 is 14.9 Å². The Bertz CT molecular complexity index is 930. The van der Waals surface area contributed by atoms with Gasteiger partial charge in [0.15, 0.2) is 11.5 Å². The summed E-state index contributed by atoms with van der Waals surface area (Å²) < 4.78 is 10.6. The van der Waals surface area contributed by atoms with Crippen LogP contribution in [0.1, 0.15) is 11.1 Å². The molecule has 0 radical (unpaired) electrons. The second-order valence-corrected chi connectivity index (χ2v) is 5.44. The quantitative estimate of drug-likeness (QED) is 0.573. The maximum absolute atomic E-state index is 12.0. The van der Waals surface area contributed by atoms with Crippen LogP contribution in [0.4, 0.5) is 0 Å². The van der Waals surface area contributed by atoms with Crippen molar-refractivity contribution in [1.29, 1.82) is 0 Å². The van der Waals surface area contributed by atoms with E-state index in [0.717, 1.165) is 27.8 Å². The molecule has 2 N–H and O–H groups in total. The monoisotopic (exact) mass is 321 g/mol. The lowest BCUT2D eigenvalue weighted by molar-refractivity contribution is -0.120. The number of hydrazone groups is 1. The number of para-hydroxylation sites is 1. The van der Waals surface area contributed by atoms with Gasteiger partial charge in [-0.1, -0.05) is 18.2 Å². The third kappa shape index (κ3) is 2.81. The normalized spacial score (nSPS) is 12.8. The summed E-state index contributed by atoms with van der Waals surface area (Å²) >= 11 is 0. The van der Waals surface area contributed by atoms with Crippen LogP contribution >= 0.6 is 0 Å². The van der Waals surface area contributed by atoms with Crippen molar-refractivity contribution in [2.24, 2.45) is 5.10 Å². The number of carbonyl (C=O) groups excluding carboxylic acids is 1. The van der Waals surface area contributed by atoms with Crippen LogP contribution in [0.25, 0.3) is 10.9 Å². The Labute approximate surface area is 138 Å². The number of fused-ring (bicyclic) bond motifs is 2. The summed E-state index contributed by atoms with van der Waals surface area (Å²) in [6, 6.07) is 13.4. The lowest BCUT2D eigenvalue weighted by Gasteiger charge is -2.00. The lowest BCUT2D eigenvalue weighted by Crippen LogP contribution is -2.19. The number of hydrogen-bond acceptors (Lipinski definition) is 4. The Hall–Kier alpha value is -3.28. The second kappa shape index (κ2) is 6.08. The molecule has 0 unspecified atom stereocenters. The van der Waals surface area contributed by atoms with E-state index in [-0.39, 0.29) is 19.1 Å². The number of H-pyrrole nitrogens is 1. The van der Waals surface area contributed by atoms with Crippen LogP contribution in [-0.4, -0.2) is 23.9 Å². The number of benzene rings is 2. The molecule has 120 valence electrons. The standard InChI is InChI=1S/C18H15N3O3/c22-18(8-13-10-19-15-4-2-1-3-14(13)15)21-20-9-12-5-6-16-17(7-12)24-11-23-16/h1-7,9-10,19H,8,11H2,(H,21,22). The molecule has 0 spiro atoms. The van der Waals surface area contributed by atoms with Crippen molar-refractivity contribution in [1.82, 2.24) is 10.4 Å². The molecule has 24 heavy (non-hydrogen) atoms. The van der Waals surface area contributed by atoms with E-state index < -0.39 is 0 Å². The predicted octanol–water partition coefficient (Wildman–Crippen LogP) is 2.59. The Kier molecular flexibility index (Phi) is 3.63. The molecular formula is C18H15N3O3. The highest BCUT2D eigenvalue weighted by molar-refractivity contribution is 5.89. The lowest BCUT2D eigenvalue weighted by atomic mass is 10.1. The first-order valence-electron chi connectivity index (χ1n) is 7.56. The number of nitrogens with one attached hydrogen (secondary N) is 2. The fourth-order valence-corrected chi connectivity index (χ4v) is 2.66. The molecule has 4 rings (SSSR count). The summed E-state index contributed by atoms with van der Waals surface area (Å²) in [5, 5.41) is 5.05. The smallest absolute Gasteiger partial charge is 0.244 e. The highest BCUT2D eigenvalue weighted by Crippen LogP contribution is 2.31. The highest BCUT2D eigenvalue weighted by Gasteiger charge is 2.12. The van der Waals surface area contributed by atoms with Gasteiger partial charge in [-0.05, 0) is 35.4 Å². The third-order valence-electron chi connectivity index (χ3n) is 3.83. The van der Waals surface area contributed by atoms with E-state index in [9.17, 15) is 4.79 Å². The minimum Gasteiger partial charge on any atom is -0.454 e. The molecule has 0 fully saturated rings. The molecule has 0 bridgehead atoms. The van der Waals surface area contributed by atoms with E-state index in [1.165, 1.54) is 0 Å². The summed E-state index contributed by atoms with van der Waals surface area (Å²) in [6.07, 6.45) is 3.70. The molecule has 0 aliphatic carbocycles. The molecule has 1 aliphatic rings. The number of hydrogen-bond donors (Lipinski definition) is 2. The molecule has 1 amide bonds. The fraction of sp³-hybridized carbons (Fsp3) is 0.111. The van der Waals surface area contributed by atoms with Crippen molar-refractivity contribution in [3.05, 3.63) is 59.8 Å². The van der Waals surface area contributed by atoms with Crippen molar-refractivity contribution in [2.75, 3.05) is 6.79 Å². The third-order valence-corrected chi connectivity index (χ3v) is 3.83. The van der Waals surface area contributed by atoms with Crippen molar-refractivity contribution in [3.8, 4) is 11.5 Å². The maximum atomic E-state index is 12.0. The molecule has 2 heterocycles. The van der Waals surface area contributed by atoms with Gasteiger partial charge in [-0.25, -0.2) is 5.43 Å². The molecule has 3 aromatic rings. The van der Waals surface area contributed by atoms with Crippen LogP contribution in [0.2, 0.25) is 0 Å². The van der Waals surface area contributed by atoms with E-state index >= 15 is 0 Å². The minimum absolute atomic E-state index is 0.170. The zero-order valence-corrected chi connectivity index (χ0v) is 12.8. The Balaban J connectivity index is 1.39. The van der Waals surface area contributed by atoms with E-state index in [1.54, 1.807) is 6.21 Å². The zero-order chi connectivity index (χ0) is 16.4. The minimum atomic E-state index is -0.170.